The van der Waals surface area contributed by atoms with Crippen molar-refractivity contribution >= 4 is 17.9 Å². The second kappa shape index (κ2) is 7.14. The Hall–Kier alpha value is -3.29. The molecular weight excluding hydrogens is 358 g/mol. The van der Waals surface area contributed by atoms with Gasteiger partial charge in [0.05, 0.1) is 5.56 Å². The zero-order chi connectivity index (χ0) is 19.6. The Bertz CT molecular complexity index is 914. The molecule has 1 heterocycles. The molecule has 1 atom stereocenters. The van der Waals surface area contributed by atoms with Gasteiger partial charge in [-0.25, -0.2) is 18.4 Å². The van der Waals surface area contributed by atoms with E-state index < -0.39 is 29.2 Å². The molecule has 6 nitrogen and oxygen atoms in total. The van der Waals surface area contributed by atoms with Gasteiger partial charge in [-0.1, -0.05) is 12.1 Å². The van der Waals surface area contributed by atoms with Gasteiger partial charge in [0.25, 0.3) is 5.91 Å². The molecule has 0 aliphatic carbocycles. The minimum atomic E-state index is -0.998. The Kier molecular flexibility index (Phi) is 4.89. The summed E-state index contributed by atoms with van der Waals surface area (Å²) in [6.07, 6.45) is 0.898. The number of hydrogen-bond acceptors (Lipinski definition) is 4. The Morgan fingerprint density at radius 2 is 1.81 bits per heavy atom. The number of urea groups is 1. The third-order valence-corrected chi connectivity index (χ3v) is 4.32. The molecule has 1 aliphatic heterocycles. The summed E-state index contributed by atoms with van der Waals surface area (Å²) in [4.78, 5) is 35.0. The molecule has 3 amide bonds. The van der Waals surface area contributed by atoms with Crippen molar-refractivity contribution < 1.29 is 27.9 Å². The van der Waals surface area contributed by atoms with Gasteiger partial charge in [-0.3, -0.25) is 10.1 Å². The van der Waals surface area contributed by atoms with Crippen molar-refractivity contribution in [2.75, 3.05) is 0 Å². The second-order valence-electron chi connectivity index (χ2n) is 6.40. The molecule has 0 radical (unpaired) electrons. The van der Waals surface area contributed by atoms with E-state index in [-0.39, 0.29) is 17.2 Å². The fraction of sp³-hybridized carbons (Fsp3) is 0.211. The van der Waals surface area contributed by atoms with Gasteiger partial charge in [-0.2, -0.15) is 0 Å². The van der Waals surface area contributed by atoms with Gasteiger partial charge >= 0.3 is 12.0 Å². The van der Waals surface area contributed by atoms with Crippen LogP contribution in [0.2, 0.25) is 0 Å². The first-order chi connectivity index (χ1) is 12.8. The van der Waals surface area contributed by atoms with Crippen LogP contribution in [0.5, 0.6) is 5.75 Å². The minimum absolute atomic E-state index is 0.200. The number of aryl methyl sites for hydroxylation is 1. The summed E-state index contributed by atoms with van der Waals surface area (Å²) >= 11 is 0. The number of carbonyl (C=O) groups excluding carboxylic acids is 3. The fourth-order valence-corrected chi connectivity index (χ4v) is 2.69. The Balaban J connectivity index is 1.61. The van der Waals surface area contributed by atoms with E-state index in [0.29, 0.717) is 18.9 Å². The number of esters is 1. The lowest BCUT2D eigenvalue weighted by Gasteiger charge is -2.20. The number of halogens is 2. The van der Waals surface area contributed by atoms with Crippen molar-refractivity contribution in [2.45, 2.75) is 25.3 Å². The summed E-state index contributed by atoms with van der Waals surface area (Å²) in [6.45, 7) is 1.64. The highest BCUT2D eigenvalue weighted by atomic mass is 19.1. The molecule has 0 aromatic heterocycles. The molecule has 2 N–H and O–H groups in total. The van der Waals surface area contributed by atoms with Crippen LogP contribution < -0.4 is 15.4 Å². The van der Waals surface area contributed by atoms with Gasteiger partial charge in [0.1, 0.15) is 22.9 Å². The lowest BCUT2D eigenvalue weighted by molar-refractivity contribution is -0.123. The molecule has 2 aromatic rings. The molecule has 0 spiro atoms. The summed E-state index contributed by atoms with van der Waals surface area (Å²) in [5, 5.41) is 4.78. The van der Waals surface area contributed by atoms with Crippen LogP contribution in [0.4, 0.5) is 13.6 Å². The summed E-state index contributed by atoms with van der Waals surface area (Å²) in [5.74, 6) is -2.89. The maximum absolute atomic E-state index is 13.6. The van der Waals surface area contributed by atoms with Gasteiger partial charge in [0.15, 0.2) is 0 Å². The van der Waals surface area contributed by atoms with Gasteiger partial charge in [0, 0.05) is 6.07 Å². The van der Waals surface area contributed by atoms with Crippen LogP contribution in [-0.2, 0) is 11.2 Å². The first-order valence-corrected chi connectivity index (χ1v) is 8.17. The number of ether oxygens (including phenoxy) is 1. The van der Waals surface area contributed by atoms with Crippen molar-refractivity contribution in [3.63, 3.8) is 0 Å². The van der Waals surface area contributed by atoms with Crippen molar-refractivity contribution in [1.82, 2.24) is 10.6 Å². The highest BCUT2D eigenvalue weighted by Gasteiger charge is 2.41. The lowest BCUT2D eigenvalue weighted by Crippen LogP contribution is -2.43. The topological polar surface area (TPSA) is 84.5 Å². The van der Waals surface area contributed by atoms with Crippen molar-refractivity contribution in [3.8, 4) is 5.75 Å². The average Bonchev–Trinajstić information content (AvgIpc) is 2.86. The standard InChI is InChI=1S/C19H16F2N2O4/c1-19(17(25)22-18(26)23-19)9-8-11-2-5-13(6-3-11)27-16(24)14-7-4-12(20)10-15(14)21/h2-7,10H,8-9H2,1H3,(H2,22,23,25,26)/t19-/m1/s1. The third-order valence-electron chi connectivity index (χ3n) is 4.32. The molecule has 140 valence electrons. The Morgan fingerprint density at radius 1 is 1.11 bits per heavy atom. The first kappa shape index (κ1) is 18.5. The number of rotatable bonds is 5. The van der Waals surface area contributed by atoms with Crippen molar-refractivity contribution in [2.24, 2.45) is 0 Å². The summed E-state index contributed by atoms with van der Waals surface area (Å²) in [7, 11) is 0. The van der Waals surface area contributed by atoms with Crippen molar-refractivity contribution in [1.29, 1.82) is 0 Å². The number of nitrogens with one attached hydrogen (secondary N) is 2. The van der Waals surface area contributed by atoms with Gasteiger partial charge in [-0.05, 0) is 49.6 Å². The van der Waals surface area contributed by atoms with Crippen LogP contribution >= 0.6 is 0 Å². The quantitative estimate of drug-likeness (QED) is 0.479. The molecule has 8 heteroatoms. The van der Waals surface area contributed by atoms with Gasteiger partial charge < -0.3 is 10.1 Å². The third kappa shape index (κ3) is 4.11. The smallest absolute Gasteiger partial charge is 0.346 e. The first-order valence-electron chi connectivity index (χ1n) is 8.17. The minimum Gasteiger partial charge on any atom is -0.423 e. The number of amides is 3. The van der Waals surface area contributed by atoms with E-state index in [1.807, 2.05) is 0 Å². The zero-order valence-corrected chi connectivity index (χ0v) is 14.3. The predicted molar refractivity (Wildman–Crippen MR) is 91.2 cm³/mol. The van der Waals surface area contributed by atoms with Crippen LogP contribution in [0.1, 0.15) is 29.3 Å². The molecule has 0 saturated carbocycles. The van der Waals surface area contributed by atoms with E-state index in [2.05, 4.69) is 10.6 Å². The maximum atomic E-state index is 13.6. The molecule has 1 aliphatic rings. The summed E-state index contributed by atoms with van der Waals surface area (Å²) in [6, 6.07) is 8.54. The van der Waals surface area contributed by atoms with E-state index in [4.69, 9.17) is 4.74 Å². The maximum Gasteiger partial charge on any atom is 0.346 e. The zero-order valence-electron chi connectivity index (χ0n) is 14.3. The van der Waals surface area contributed by atoms with Gasteiger partial charge in [0.2, 0.25) is 0 Å². The molecule has 0 unspecified atom stereocenters. The monoisotopic (exact) mass is 374 g/mol. The molecule has 2 aromatic carbocycles. The van der Waals surface area contributed by atoms with E-state index in [0.717, 1.165) is 17.7 Å². The summed E-state index contributed by atoms with van der Waals surface area (Å²) < 4.78 is 31.6. The van der Waals surface area contributed by atoms with Crippen molar-refractivity contribution in [3.05, 3.63) is 65.2 Å². The van der Waals surface area contributed by atoms with Crippen LogP contribution in [0.15, 0.2) is 42.5 Å². The van der Waals surface area contributed by atoms with Crippen LogP contribution in [0, 0.1) is 11.6 Å². The van der Waals surface area contributed by atoms with E-state index >= 15 is 0 Å². The highest BCUT2D eigenvalue weighted by Crippen LogP contribution is 2.21. The SMILES string of the molecule is C[C@]1(CCc2ccc(OC(=O)c3ccc(F)cc3F)cc2)NC(=O)NC1=O. The largest absolute Gasteiger partial charge is 0.423 e. The van der Waals surface area contributed by atoms with Gasteiger partial charge in [-0.15, -0.1) is 0 Å². The highest BCUT2D eigenvalue weighted by molar-refractivity contribution is 6.06. The molecular formula is C19H16F2N2O4. The molecule has 1 saturated heterocycles. The predicted octanol–water partition coefficient (Wildman–Crippen LogP) is 2.71. The van der Waals surface area contributed by atoms with Crippen LogP contribution in [-0.4, -0.2) is 23.4 Å². The number of benzene rings is 2. The average molecular weight is 374 g/mol. The molecule has 1 fully saturated rings. The van der Waals surface area contributed by atoms with E-state index in [1.54, 1.807) is 19.1 Å². The Labute approximate surface area is 153 Å². The van der Waals surface area contributed by atoms with Crippen LogP contribution in [0.3, 0.4) is 0 Å². The molecule has 27 heavy (non-hydrogen) atoms. The molecule has 3 rings (SSSR count). The number of carbonyl (C=O) groups is 3. The Morgan fingerprint density at radius 3 is 2.41 bits per heavy atom. The lowest BCUT2D eigenvalue weighted by atomic mass is 9.93. The normalized spacial score (nSPS) is 18.8. The fourth-order valence-electron chi connectivity index (χ4n) is 2.69. The number of imide groups is 1. The number of hydrogen-bond donors (Lipinski definition) is 2. The van der Waals surface area contributed by atoms with E-state index in [1.165, 1.54) is 12.1 Å². The van der Waals surface area contributed by atoms with E-state index in [9.17, 15) is 23.2 Å². The summed E-state index contributed by atoms with van der Waals surface area (Å²) in [5.41, 5.74) is -0.475. The van der Waals surface area contributed by atoms with Crippen LogP contribution in [0.25, 0.3) is 0 Å². The molecule has 0 bridgehead atoms. The second-order valence-corrected chi connectivity index (χ2v) is 6.40.